The second-order valence-corrected chi connectivity index (χ2v) is 5.45. The minimum absolute atomic E-state index is 0.0415. The Morgan fingerprint density at radius 2 is 1.90 bits per heavy atom. The number of hydrogen-bond donors (Lipinski definition) is 3. The van der Waals surface area contributed by atoms with Crippen LogP contribution < -0.4 is 15.2 Å². The Morgan fingerprint density at radius 3 is 2.50 bits per heavy atom. The molecule has 0 atom stereocenters. The molecule has 9 heteroatoms. The molecule has 0 radical (unpaired) electrons. The van der Waals surface area contributed by atoms with Gasteiger partial charge in [0.2, 0.25) is 0 Å². The molecule has 0 spiro atoms. The standard InChI is InChI=1S/C11H10ClN3O4S/c12-10-5-4-9(19-10)11(16)14-7-2-1-3-8(6-7)15-20(13,17)18/h1-6,15H,(H,14,16)(H2,13,17,18). The minimum Gasteiger partial charge on any atom is -0.440 e. The first kappa shape index (κ1) is 14.4. The third kappa shape index (κ3) is 3.98. The maximum absolute atomic E-state index is 11.8. The number of carbonyl (C=O) groups is 1. The van der Waals surface area contributed by atoms with Crippen molar-refractivity contribution in [2.24, 2.45) is 5.14 Å². The molecular weight excluding hydrogens is 306 g/mol. The van der Waals surface area contributed by atoms with Gasteiger partial charge in [-0.2, -0.15) is 8.42 Å². The van der Waals surface area contributed by atoms with Gasteiger partial charge in [-0.3, -0.25) is 9.52 Å². The topological polar surface area (TPSA) is 114 Å². The van der Waals surface area contributed by atoms with Crippen LogP contribution in [0.1, 0.15) is 10.6 Å². The number of nitrogens with one attached hydrogen (secondary N) is 2. The molecule has 0 aliphatic rings. The van der Waals surface area contributed by atoms with Gasteiger partial charge in [0.1, 0.15) is 0 Å². The first-order chi connectivity index (χ1) is 9.33. The van der Waals surface area contributed by atoms with Crippen LogP contribution in [0.2, 0.25) is 5.22 Å². The molecule has 0 bridgehead atoms. The zero-order valence-electron chi connectivity index (χ0n) is 9.96. The van der Waals surface area contributed by atoms with Crippen molar-refractivity contribution in [3.05, 3.63) is 47.4 Å². The summed E-state index contributed by atoms with van der Waals surface area (Å²) in [5.41, 5.74) is 0.596. The van der Waals surface area contributed by atoms with Crippen molar-refractivity contribution in [1.82, 2.24) is 0 Å². The Morgan fingerprint density at radius 1 is 1.20 bits per heavy atom. The van der Waals surface area contributed by atoms with Crippen molar-refractivity contribution in [3.8, 4) is 0 Å². The van der Waals surface area contributed by atoms with Gasteiger partial charge in [0.15, 0.2) is 11.0 Å². The number of furan rings is 1. The van der Waals surface area contributed by atoms with Crippen LogP contribution in [0.25, 0.3) is 0 Å². The van der Waals surface area contributed by atoms with E-state index in [1.807, 2.05) is 0 Å². The number of hydrogen-bond acceptors (Lipinski definition) is 4. The normalized spacial score (nSPS) is 11.1. The largest absolute Gasteiger partial charge is 0.440 e. The van der Waals surface area contributed by atoms with Crippen LogP contribution in [0.5, 0.6) is 0 Å². The van der Waals surface area contributed by atoms with E-state index in [4.69, 9.17) is 21.2 Å². The van der Waals surface area contributed by atoms with Crippen LogP contribution in [0.4, 0.5) is 11.4 Å². The first-order valence-electron chi connectivity index (χ1n) is 5.31. The highest BCUT2D eigenvalue weighted by atomic mass is 35.5. The highest BCUT2D eigenvalue weighted by molar-refractivity contribution is 7.90. The van der Waals surface area contributed by atoms with Crippen LogP contribution in [0.3, 0.4) is 0 Å². The second kappa shape index (κ2) is 5.53. The van der Waals surface area contributed by atoms with E-state index in [1.165, 1.54) is 24.3 Å². The lowest BCUT2D eigenvalue weighted by molar-refractivity contribution is 0.0997. The second-order valence-electron chi connectivity index (χ2n) is 3.79. The Kier molecular flexibility index (Phi) is 3.98. The van der Waals surface area contributed by atoms with Crippen LogP contribution in [0.15, 0.2) is 40.8 Å². The minimum atomic E-state index is -3.87. The maximum Gasteiger partial charge on any atom is 0.296 e. The number of amides is 1. The quantitative estimate of drug-likeness (QED) is 0.798. The Balaban J connectivity index is 2.14. The molecule has 20 heavy (non-hydrogen) atoms. The molecule has 7 nitrogen and oxygen atoms in total. The van der Waals surface area contributed by atoms with Gasteiger partial charge in [0, 0.05) is 5.69 Å². The molecule has 0 unspecified atom stereocenters. The number of benzene rings is 1. The van der Waals surface area contributed by atoms with Crippen molar-refractivity contribution < 1.29 is 17.6 Å². The lowest BCUT2D eigenvalue weighted by atomic mass is 10.3. The number of halogens is 1. The fourth-order valence-electron chi connectivity index (χ4n) is 1.45. The van der Waals surface area contributed by atoms with E-state index in [2.05, 4.69) is 10.0 Å². The molecule has 0 fully saturated rings. The number of carbonyl (C=O) groups excluding carboxylic acids is 1. The lowest BCUT2D eigenvalue weighted by Gasteiger charge is -2.07. The van der Waals surface area contributed by atoms with E-state index in [0.717, 1.165) is 0 Å². The highest BCUT2D eigenvalue weighted by Crippen LogP contribution is 2.18. The van der Waals surface area contributed by atoms with Crippen molar-refractivity contribution >= 4 is 39.1 Å². The van der Waals surface area contributed by atoms with E-state index >= 15 is 0 Å². The summed E-state index contributed by atoms with van der Waals surface area (Å²) in [5, 5.41) is 7.48. The molecule has 0 aliphatic heterocycles. The van der Waals surface area contributed by atoms with E-state index in [9.17, 15) is 13.2 Å². The summed E-state index contributed by atoms with van der Waals surface area (Å²) < 4.78 is 28.9. The van der Waals surface area contributed by atoms with Crippen LogP contribution in [0, 0.1) is 0 Å². The molecule has 2 rings (SSSR count). The van der Waals surface area contributed by atoms with Gasteiger partial charge >= 0.3 is 0 Å². The molecular formula is C11H10ClN3O4S. The summed E-state index contributed by atoms with van der Waals surface area (Å²) in [4.78, 5) is 11.8. The summed E-state index contributed by atoms with van der Waals surface area (Å²) in [6, 6.07) is 8.89. The van der Waals surface area contributed by atoms with E-state index < -0.39 is 16.1 Å². The average Bonchev–Trinajstić information content (AvgIpc) is 2.74. The molecule has 4 N–H and O–H groups in total. The molecule has 106 valence electrons. The predicted octanol–water partition coefficient (Wildman–Crippen LogP) is 1.80. The molecule has 0 aliphatic carbocycles. The van der Waals surface area contributed by atoms with Crippen molar-refractivity contribution in [1.29, 1.82) is 0 Å². The fourth-order valence-corrected chi connectivity index (χ4v) is 2.06. The van der Waals surface area contributed by atoms with Gasteiger partial charge in [-0.05, 0) is 41.9 Å². The molecule has 2 aromatic rings. The van der Waals surface area contributed by atoms with E-state index in [1.54, 1.807) is 12.1 Å². The monoisotopic (exact) mass is 315 g/mol. The third-order valence-corrected chi connectivity index (χ3v) is 2.90. The SMILES string of the molecule is NS(=O)(=O)Nc1cccc(NC(=O)c2ccc(Cl)o2)c1. The van der Waals surface area contributed by atoms with Crippen LogP contribution in [-0.4, -0.2) is 14.3 Å². The average molecular weight is 316 g/mol. The van der Waals surface area contributed by atoms with Gasteiger partial charge in [-0.15, -0.1) is 0 Å². The highest BCUT2D eigenvalue weighted by Gasteiger charge is 2.11. The number of anilines is 2. The summed E-state index contributed by atoms with van der Waals surface area (Å²) >= 11 is 5.57. The van der Waals surface area contributed by atoms with Crippen LogP contribution in [-0.2, 0) is 10.2 Å². The Bertz CT molecular complexity index is 742. The molecule has 1 aromatic heterocycles. The number of nitrogens with two attached hydrogens (primary N) is 1. The van der Waals surface area contributed by atoms with E-state index in [0.29, 0.717) is 5.69 Å². The van der Waals surface area contributed by atoms with Gasteiger partial charge in [0.05, 0.1) is 5.69 Å². The summed E-state index contributed by atoms with van der Waals surface area (Å²) in [6.07, 6.45) is 0. The molecule has 1 heterocycles. The van der Waals surface area contributed by atoms with Crippen molar-refractivity contribution in [2.75, 3.05) is 10.0 Å². The van der Waals surface area contributed by atoms with Gasteiger partial charge < -0.3 is 9.73 Å². The molecule has 0 saturated carbocycles. The smallest absolute Gasteiger partial charge is 0.296 e. The molecule has 1 amide bonds. The number of rotatable bonds is 4. The fraction of sp³-hybridized carbons (Fsp3) is 0. The van der Waals surface area contributed by atoms with Gasteiger partial charge in [-0.25, -0.2) is 5.14 Å². The van der Waals surface area contributed by atoms with Gasteiger partial charge in [0.25, 0.3) is 16.1 Å². The van der Waals surface area contributed by atoms with E-state index in [-0.39, 0.29) is 16.7 Å². The Hall–Kier alpha value is -2.03. The summed E-state index contributed by atoms with van der Waals surface area (Å²) in [6.45, 7) is 0. The van der Waals surface area contributed by atoms with Crippen LogP contribution >= 0.6 is 11.6 Å². The maximum atomic E-state index is 11.8. The van der Waals surface area contributed by atoms with Crippen molar-refractivity contribution in [2.45, 2.75) is 0 Å². The zero-order valence-corrected chi connectivity index (χ0v) is 11.5. The third-order valence-electron chi connectivity index (χ3n) is 2.18. The summed E-state index contributed by atoms with van der Waals surface area (Å²) in [5.74, 6) is -0.468. The zero-order chi connectivity index (χ0) is 14.8. The predicted molar refractivity (Wildman–Crippen MR) is 74.8 cm³/mol. The first-order valence-corrected chi connectivity index (χ1v) is 7.23. The lowest BCUT2D eigenvalue weighted by Crippen LogP contribution is -2.21. The molecule has 0 saturated heterocycles. The summed E-state index contributed by atoms with van der Waals surface area (Å²) in [7, 11) is -3.87. The van der Waals surface area contributed by atoms with Gasteiger partial charge in [-0.1, -0.05) is 6.07 Å². The van der Waals surface area contributed by atoms with Crippen molar-refractivity contribution in [3.63, 3.8) is 0 Å². The molecule has 1 aromatic carbocycles. The Labute approximate surface area is 119 Å².